The summed E-state index contributed by atoms with van der Waals surface area (Å²) in [5, 5.41) is 3.19. The standard InChI is InChI=1S/C5H12N2S/c6-5(4-8)1-2-7-3-5/h7-8H,1-4,6H2. The topological polar surface area (TPSA) is 38.0 Å². The minimum Gasteiger partial charge on any atom is -0.323 e. The molecule has 1 aliphatic rings. The van der Waals surface area contributed by atoms with Gasteiger partial charge in [-0.15, -0.1) is 0 Å². The van der Waals surface area contributed by atoms with E-state index in [0.717, 1.165) is 25.3 Å². The molecule has 0 aromatic rings. The Morgan fingerprint density at radius 2 is 2.50 bits per heavy atom. The van der Waals surface area contributed by atoms with E-state index in [-0.39, 0.29) is 5.54 Å². The molecule has 3 N–H and O–H groups in total. The molecule has 48 valence electrons. The highest BCUT2D eigenvalue weighted by molar-refractivity contribution is 7.80. The second-order valence-corrected chi connectivity index (χ2v) is 2.76. The van der Waals surface area contributed by atoms with Crippen LogP contribution in [0, 0.1) is 0 Å². The lowest BCUT2D eigenvalue weighted by Crippen LogP contribution is -2.43. The Hall–Kier alpha value is 0.270. The van der Waals surface area contributed by atoms with Crippen LogP contribution in [-0.2, 0) is 0 Å². The molecule has 0 aliphatic carbocycles. The van der Waals surface area contributed by atoms with Crippen molar-refractivity contribution in [3.8, 4) is 0 Å². The van der Waals surface area contributed by atoms with Gasteiger partial charge in [-0.3, -0.25) is 0 Å². The third-order valence-corrected chi connectivity index (χ3v) is 2.22. The summed E-state index contributed by atoms with van der Waals surface area (Å²) >= 11 is 4.14. The first-order chi connectivity index (χ1) is 3.77. The minimum absolute atomic E-state index is 0.0108. The lowest BCUT2D eigenvalue weighted by atomic mass is 10.0. The first-order valence-electron chi connectivity index (χ1n) is 2.87. The maximum Gasteiger partial charge on any atom is 0.0382 e. The highest BCUT2D eigenvalue weighted by Gasteiger charge is 2.26. The molecule has 0 aromatic carbocycles. The van der Waals surface area contributed by atoms with Crippen molar-refractivity contribution < 1.29 is 0 Å². The van der Waals surface area contributed by atoms with Gasteiger partial charge in [-0.05, 0) is 13.0 Å². The molecule has 8 heavy (non-hydrogen) atoms. The number of thiol groups is 1. The van der Waals surface area contributed by atoms with Gasteiger partial charge in [0.25, 0.3) is 0 Å². The average molecular weight is 132 g/mol. The number of hydrogen-bond acceptors (Lipinski definition) is 3. The molecule has 1 saturated heterocycles. The largest absolute Gasteiger partial charge is 0.323 e. The van der Waals surface area contributed by atoms with Gasteiger partial charge in [0.1, 0.15) is 0 Å². The van der Waals surface area contributed by atoms with Crippen LogP contribution in [0.2, 0.25) is 0 Å². The SMILES string of the molecule is NC1(CS)CCNC1. The number of rotatable bonds is 1. The molecule has 1 atom stereocenters. The van der Waals surface area contributed by atoms with Crippen molar-refractivity contribution in [1.82, 2.24) is 5.32 Å². The van der Waals surface area contributed by atoms with Crippen molar-refractivity contribution in [3.63, 3.8) is 0 Å². The fraction of sp³-hybridized carbons (Fsp3) is 1.00. The second-order valence-electron chi connectivity index (χ2n) is 2.45. The van der Waals surface area contributed by atoms with Crippen molar-refractivity contribution in [2.24, 2.45) is 5.73 Å². The molecule has 1 heterocycles. The molecule has 3 heteroatoms. The minimum atomic E-state index is -0.0108. The summed E-state index contributed by atoms with van der Waals surface area (Å²) < 4.78 is 0. The van der Waals surface area contributed by atoms with Gasteiger partial charge in [0.05, 0.1) is 0 Å². The van der Waals surface area contributed by atoms with E-state index in [9.17, 15) is 0 Å². The smallest absolute Gasteiger partial charge is 0.0382 e. The van der Waals surface area contributed by atoms with Gasteiger partial charge >= 0.3 is 0 Å². The van der Waals surface area contributed by atoms with E-state index in [1.807, 2.05) is 0 Å². The first kappa shape index (κ1) is 6.39. The van der Waals surface area contributed by atoms with Crippen molar-refractivity contribution >= 4 is 12.6 Å². The van der Waals surface area contributed by atoms with Crippen LogP contribution in [0.1, 0.15) is 6.42 Å². The van der Waals surface area contributed by atoms with E-state index in [2.05, 4.69) is 17.9 Å². The molecule has 0 saturated carbocycles. The van der Waals surface area contributed by atoms with E-state index in [1.165, 1.54) is 0 Å². The zero-order valence-electron chi connectivity index (χ0n) is 4.85. The molecule has 0 amide bonds. The maximum absolute atomic E-state index is 5.82. The van der Waals surface area contributed by atoms with Gasteiger partial charge in [0, 0.05) is 17.8 Å². The monoisotopic (exact) mass is 132 g/mol. The first-order valence-corrected chi connectivity index (χ1v) is 3.51. The number of nitrogens with two attached hydrogens (primary N) is 1. The Labute approximate surface area is 55.2 Å². The molecule has 1 unspecified atom stereocenters. The van der Waals surface area contributed by atoms with E-state index in [4.69, 9.17) is 5.73 Å². The van der Waals surface area contributed by atoms with E-state index in [0.29, 0.717) is 0 Å². The van der Waals surface area contributed by atoms with Crippen molar-refractivity contribution in [1.29, 1.82) is 0 Å². The lowest BCUT2D eigenvalue weighted by Gasteiger charge is -2.18. The second kappa shape index (κ2) is 2.25. The van der Waals surface area contributed by atoms with Crippen LogP contribution in [-0.4, -0.2) is 24.4 Å². The predicted octanol–water partition coefficient (Wildman–Crippen LogP) is -0.393. The quantitative estimate of drug-likeness (QED) is 0.425. The van der Waals surface area contributed by atoms with E-state index in [1.54, 1.807) is 0 Å². The third kappa shape index (κ3) is 1.16. The van der Waals surface area contributed by atoms with Crippen LogP contribution in [0.15, 0.2) is 0 Å². The van der Waals surface area contributed by atoms with Crippen LogP contribution in [0.25, 0.3) is 0 Å². The Morgan fingerprint density at radius 3 is 2.75 bits per heavy atom. The lowest BCUT2D eigenvalue weighted by molar-refractivity contribution is 0.530. The number of nitrogens with one attached hydrogen (secondary N) is 1. The summed E-state index contributed by atoms with van der Waals surface area (Å²) in [5.74, 6) is 0.792. The third-order valence-electron chi connectivity index (χ3n) is 1.59. The van der Waals surface area contributed by atoms with Crippen LogP contribution in [0.3, 0.4) is 0 Å². The molecular weight excluding hydrogens is 120 g/mol. The molecule has 2 nitrogen and oxygen atoms in total. The summed E-state index contributed by atoms with van der Waals surface area (Å²) in [6, 6.07) is 0. The average Bonchev–Trinajstić information content (AvgIpc) is 2.17. The van der Waals surface area contributed by atoms with Crippen LogP contribution in [0.5, 0.6) is 0 Å². The maximum atomic E-state index is 5.82. The van der Waals surface area contributed by atoms with Crippen molar-refractivity contribution in [2.45, 2.75) is 12.0 Å². The Morgan fingerprint density at radius 1 is 1.75 bits per heavy atom. The van der Waals surface area contributed by atoms with Gasteiger partial charge in [0.15, 0.2) is 0 Å². The normalized spacial score (nSPS) is 38.2. The Balaban J connectivity index is 2.40. The zero-order chi connectivity index (χ0) is 6.04. The fourth-order valence-corrected chi connectivity index (χ4v) is 1.17. The van der Waals surface area contributed by atoms with Crippen LogP contribution >= 0.6 is 12.6 Å². The Kier molecular flexibility index (Phi) is 1.80. The van der Waals surface area contributed by atoms with Crippen LogP contribution in [0.4, 0.5) is 0 Å². The molecule has 0 bridgehead atoms. The van der Waals surface area contributed by atoms with Gasteiger partial charge < -0.3 is 11.1 Å². The van der Waals surface area contributed by atoms with Gasteiger partial charge in [-0.25, -0.2) is 0 Å². The molecule has 0 aromatic heterocycles. The molecule has 1 fully saturated rings. The van der Waals surface area contributed by atoms with Gasteiger partial charge in [-0.2, -0.15) is 12.6 Å². The van der Waals surface area contributed by atoms with E-state index < -0.39 is 0 Å². The predicted molar refractivity (Wildman–Crippen MR) is 38.3 cm³/mol. The summed E-state index contributed by atoms with van der Waals surface area (Å²) in [6.45, 7) is 1.98. The summed E-state index contributed by atoms with van der Waals surface area (Å²) in [5.41, 5.74) is 5.81. The van der Waals surface area contributed by atoms with Gasteiger partial charge in [-0.1, -0.05) is 0 Å². The van der Waals surface area contributed by atoms with E-state index >= 15 is 0 Å². The fourth-order valence-electron chi connectivity index (χ4n) is 0.898. The molecule has 0 spiro atoms. The molecule has 0 radical (unpaired) electrons. The molecule has 1 aliphatic heterocycles. The summed E-state index contributed by atoms with van der Waals surface area (Å²) in [6.07, 6.45) is 1.07. The summed E-state index contributed by atoms with van der Waals surface area (Å²) in [7, 11) is 0. The highest BCUT2D eigenvalue weighted by atomic mass is 32.1. The highest BCUT2D eigenvalue weighted by Crippen LogP contribution is 2.11. The van der Waals surface area contributed by atoms with Crippen molar-refractivity contribution in [2.75, 3.05) is 18.8 Å². The summed E-state index contributed by atoms with van der Waals surface area (Å²) in [4.78, 5) is 0. The molecular formula is C5H12N2S. The Bertz CT molecular complexity index is 78.5. The van der Waals surface area contributed by atoms with Crippen LogP contribution < -0.4 is 11.1 Å². The van der Waals surface area contributed by atoms with Gasteiger partial charge in [0.2, 0.25) is 0 Å². The molecule has 1 rings (SSSR count). The van der Waals surface area contributed by atoms with Crippen molar-refractivity contribution in [3.05, 3.63) is 0 Å². The zero-order valence-corrected chi connectivity index (χ0v) is 5.75. The number of hydrogen-bond donors (Lipinski definition) is 3.